The van der Waals surface area contributed by atoms with E-state index in [2.05, 4.69) is 15.4 Å². The third kappa shape index (κ3) is 4.19. The maximum Gasteiger partial charge on any atom is 0.291 e. The number of hydrogen-bond donors (Lipinski definition) is 3. The summed E-state index contributed by atoms with van der Waals surface area (Å²) in [5, 5.41) is 5.62. The zero-order valence-corrected chi connectivity index (χ0v) is 13.7. The molecule has 124 valence electrons. The number of carbonyl (C=O) groups is 1. The van der Waals surface area contributed by atoms with E-state index in [0.717, 1.165) is 12.1 Å². The average Bonchev–Trinajstić information content (AvgIpc) is 3.05. The summed E-state index contributed by atoms with van der Waals surface area (Å²) in [5.74, 6) is -0.580. The van der Waals surface area contributed by atoms with Gasteiger partial charge in [0.15, 0.2) is 5.76 Å². The largest absolute Gasteiger partial charge is 0.438 e. The summed E-state index contributed by atoms with van der Waals surface area (Å²) in [7, 11) is -2.44. The standard InChI is InChI=1S/C15H19N3O4S/c1-3-17-10-11-6-4-5-7-12(11)18-15(19)13-8-9-14(22-13)23(20,21)16-2/h4-9,16-17H,3,10H2,1-2H3,(H,18,19). The third-order valence-electron chi connectivity index (χ3n) is 3.17. The van der Waals surface area contributed by atoms with Crippen molar-refractivity contribution in [3.05, 3.63) is 47.7 Å². The minimum absolute atomic E-state index is 0.0721. The van der Waals surface area contributed by atoms with Crippen LogP contribution in [-0.2, 0) is 16.6 Å². The number of carbonyl (C=O) groups excluding carboxylic acids is 1. The van der Waals surface area contributed by atoms with E-state index in [4.69, 9.17) is 4.42 Å². The van der Waals surface area contributed by atoms with Gasteiger partial charge in [0.25, 0.3) is 15.9 Å². The fourth-order valence-corrected chi connectivity index (χ4v) is 2.58. The number of sulfonamides is 1. The molecule has 1 aromatic heterocycles. The van der Waals surface area contributed by atoms with Crippen molar-refractivity contribution in [2.24, 2.45) is 0 Å². The van der Waals surface area contributed by atoms with E-state index in [1.807, 2.05) is 25.1 Å². The topological polar surface area (TPSA) is 100 Å². The molecule has 3 N–H and O–H groups in total. The van der Waals surface area contributed by atoms with Crippen LogP contribution < -0.4 is 15.4 Å². The Balaban J connectivity index is 2.17. The van der Waals surface area contributed by atoms with Crippen molar-refractivity contribution in [1.29, 1.82) is 0 Å². The summed E-state index contributed by atoms with van der Waals surface area (Å²) in [6.07, 6.45) is 0. The monoisotopic (exact) mass is 337 g/mol. The van der Waals surface area contributed by atoms with Crippen molar-refractivity contribution < 1.29 is 17.6 Å². The van der Waals surface area contributed by atoms with Crippen molar-refractivity contribution in [2.45, 2.75) is 18.6 Å². The molecule has 0 unspecified atom stereocenters. The van der Waals surface area contributed by atoms with Crippen LogP contribution in [0, 0.1) is 0 Å². The molecular formula is C15H19N3O4S. The van der Waals surface area contributed by atoms with Gasteiger partial charge in [-0.1, -0.05) is 25.1 Å². The molecule has 7 nitrogen and oxygen atoms in total. The molecule has 0 aliphatic carbocycles. The molecule has 0 atom stereocenters. The Hall–Kier alpha value is -2.16. The molecule has 0 radical (unpaired) electrons. The zero-order valence-electron chi connectivity index (χ0n) is 12.9. The molecule has 23 heavy (non-hydrogen) atoms. The van der Waals surface area contributed by atoms with Crippen LogP contribution in [0.15, 0.2) is 45.9 Å². The highest BCUT2D eigenvalue weighted by Gasteiger charge is 2.20. The maximum atomic E-state index is 12.2. The van der Waals surface area contributed by atoms with E-state index >= 15 is 0 Å². The lowest BCUT2D eigenvalue weighted by Gasteiger charge is -2.10. The van der Waals surface area contributed by atoms with Gasteiger partial charge in [-0.05, 0) is 37.4 Å². The van der Waals surface area contributed by atoms with Gasteiger partial charge < -0.3 is 15.1 Å². The summed E-state index contributed by atoms with van der Waals surface area (Å²) in [5.41, 5.74) is 1.57. The van der Waals surface area contributed by atoms with E-state index in [1.165, 1.54) is 19.2 Å². The summed E-state index contributed by atoms with van der Waals surface area (Å²) in [4.78, 5) is 12.2. The molecular weight excluding hydrogens is 318 g/mol. The highest BCUT2D eigenvalue weighted by molar-refractivity contribution is 7.89. The van der Waals surface area contributed by atoms with Gasteiger partial charge in [-0.15, -0.1) is 0 Å². The van der Waals surface area contributed by atoms with E-state index < -0.39 is 15.9 Å². The van der Waals surface area contributed by atoms with E-state index in [-0.39, 0.29) is 10.9 Å². The fourth-order valence-electron chi connectivity index (χ4n) is 1.93. The lowest BCUT2D eigenvalue weighted by atomic mass is 10.1. The van der Waals surface area contributed by atoms with Crippen molar-refractivity contribution in [1.82, 2.24) is 10.0 Å². The van der Waals surface area contributed by atoms with Gasteiger partial charge in [-0.25, -0.2) is 13.1 Å². The van der Waals surface area contributed by atoms with Crippen LogP contribution >= 0.6 is 0 Å². The summed E-state index contributed by atoms with van der Waals surface area (Å²) >= 11 is 0. The van der Waals surface area contributed by atoms with Gasteiger partial charge in [0.05, 0.1) is 0 Å². The van der Waals surface area contributed by atoms with Gasteiger partial charge in [0.2, 0.25) is 5.09 Å². The molecule has 0 fully saturated rings. The number of rotatable bonds is 7. The van der Waals surface area contributed by atoms with Crippen molar-refractivity contribution in [2.75, 3.05) is 18.9 Å². The molecule has 0 spiro atoms. The summed E-state index contributed by atoms with van der Waals surface area (Å²) in [6, 6.07) is 9.94. The predicted molar refractivity (Wildman–Crippen MR) is 86.7 cm³/mol. The first-order valence-corrected chi connectivity index (χ1v) is 8.59. The van der Waals surface area contributed by atoms with Crippen LogP contribution in [0.1, 0.15) is 23.0 Å². The van der Waals surface area contributed by atoms with Gasteiger partial charge in [-0.2, -0.15) is 0 Å². The second-order valence-corrected chi connectivity index (χ2v) is 6.54. The minimum Gasteiger partial charge on any atom is -0.438 e. The maximum absolute atomic E-state index is 12.2. The van der Waals surface area contributed by atoms with E-state index in [1.54, 1.807) is 6.07 Å². The smallest absolute Gasteiger partial charge is 0.291 e. The second-order valence-electron chi connectivity index (χ2n) is 4.72. The fraction of sp³-hybridized carbons (Fsp3) is 0.267. The van der Waals surface area contributed by atoms with Crippen LogP contribution in [0.4, 0.5) is 5.69 Å². The molecule has 0 bridgehead atoms. The Morgan fingerprint density at radius 2 is 1.91 bits per heavy atom. The third-order valence-corrected chi connectivity index (χ3v) is 4.46. The first-order chi connectivity index (χ1) is 11.0. The van der Waals surface area contributed by atoms with Crippen LogP contribution in [0.2, 0.25) is 0 Å². The number of nitrogens with one attached hydrogen (secondary N) is 3. The predicted octanol–water partition coefficient (Wildman–Crippen LogP) is 1.55. The molecule has 2 aromatic rings. The first-order valence-electron chi connectivity index (χ1n) is 7.11. The van der Waals surface area contributed by atoms with Crippen LogP contribution in [0.3, 0.4) is 0 Å². The second kappa shape index (κ2) is 7.40. The van der Waals surface area contributed by atoms with E-state index in [9.17, 15) is 13.2 Å². The summed E-state index contributed by atoms with van der Waals surface area (Å²) in [6.45, 7) is 3.42. The van der Waals surface area contributed by atoms with Gasteiger partial charge >= 0.3 is 0 Å². The molecule has 2 rings (SSSR count). The Morgan fingerprint density at radius 1 is 1.17 bits per heavy atom. The van der Waals surface area contributed by atoms with Gasteiger partial charge in [0, 0.05) is 12.2 Å². The quantitative estimate of drug-likeness (QED) is 0.712. The zero-order chi connectivity index (χ0) is 16.9. The number of amides is 1. The van der Waals surface area contributed by atoms with Gasteiger partial charge in [0.1, 0.15) is 0 Å². The van der Waals surface area contributed by atoms with Crippen molar-refractivity contribution in [3.63, 3.8) is 0 Å². The van der Waals surface area contributed by atoms with Gasteiger partial charge in [-0.3, -0.25) is 4.79 Å². The lowest BCUT2D eigenvalue weighted by Crippen LogP contribution is -2.18. The average molecular weight is 337 g/mol. The SMILES string of the molecule is CCNCc1ccccc1NC(=O)c1ccc(S(=O)(=O)NC)o1. The summed E-state index contributed by atoms with van der Waals surface area (Å²) < 4.78 is 30.5. The van der Waals surface area contributed by atoms with Crippen molar-refractivity contribution in [3.8, 4) is 0 Å². The number of anilines is 1. The Labute approximate surface area is 135 Å². The molecule has 0 aliphatic heterocycles. The van der Waals surface area contributed by atoms with Crippen LogP contribution in [0.25, 0.3) is 0 Å². The normalized spacial score (nSPS) is 11.4. The number of hydrogen-bond acceptors (Lipinski definition) is 5. The number of para-hydroxylation sites is 1. The molecule has 0 saturated carbocycles. The Bertz CT molecular complexity index is 784. The number of furan rings is 1. The molecule has 8 heteroatoms. The molecule has 1 heterocycles. The van der Waals surface area contributed by atoms with Crippen LogP contribution in [0.5, 0.6) is 0 Å². The van der Waals surface area contributed by atoms with Crippen molar-refractivity contribution >= 4 is 21.6 Å². The number of benzene rings is 1. The molecule has 0 saturated heterocycles. The molecule has 0 aliphatic rings. The highest BCUT2D eigenvalue weighted by Crippen LogP contribution is 2.18. The molecule has 1 aromatic carbocycles. The van der Waals surface area contributed by atoms with E-state index in [0.29, 0.717) is 12.2 Å². The molecule has 1 amide bonds. The Morgan fingerprint density at radius 3 is 2.61 bits per heavy atom. The lowest BCUT2D eigenvalue weighted by molar-refractivity contribution is 0.0991. The Kier molecular flexibility index (Phi) is 5.54. The first kappa shape index (κ1) is 17.2. The minimum atomic E-state index is -3.71. The highest BCUT2D eigenvalue weighted by atomic mass is 32.2. The van der Waals surface area contributed by atoms with Crippen LogP contribution in [-0.4, -0.2) is 27.9 Å².